The Morgan fingerprint density at radius 2 is 2.33 bits per heavy atom. The standard InChI is InChI=1S/C14H20N2O5/c1-10(2)21-14-7-11(3-4-13(14)16(17)18)20-9-12-8-15-5-6-19-12/h3-4,7,10,12,15H,5-6,8-9H2,1-2H3. The molecule has 0 saturated carbocycles. The van der Waals surface area contributed by atoms with Crippen molar-refractivity contribution in [3.8, 4) is 11.5 Å². The first-order valence-corrected chi connectivity index (χ1v) is 6.96. The number of nitro groups is 1. The largest absolute Gasteiger partial charge is 0.491 e. The molecule has 0 radical (unpaired) electrons. The van der Waals surface area contributed by atoms with Crippen molar-refractivity contribution in [3.05, 3.63) is 28.3 Å². The highest BCUT2D eigenvalue weighted by Gasteiger charge is 2.19. The highest BCUT2D eigenvalue weighted by molar-refractivity contribution is 5.50. The van der Waals surface area contributed by atoms with E-state index < -0.39 is 4.92 Å². The second-order valence-corrected chi connectivity index (χ2v) is 5.06. The van der Waals surface area contributed by atoms with Crippen LogP contribution in [0, 0.1) is 10.1 Å². The summed E-state index contributed by atoms with van der Waals surface area (Å²) < 4.78 is 16.6. The Bertz CT molecular complexity index is 486. The molecule has 1 aromatic carbocycles. The summed E-state index contributed by atoms with van der Waals surface area (Å²) in [6.07, 6.45) is -0.159. The van der Waals surface area contributed by atoms with Gasteiger partial charge in [0.15, 0.2) is 0 Å². The monoisotopic (exact) mass is 296 g/mol. The number of hydrogen-bond acceptors (Lipinski definition) is 6. The minimum Gasteiger partial charge on any atom is -0.491 e. The second kappa shape index (κ2) is 7.24. The topological polar surface area (TPSA) is 82.9 Å². The lowest BCUT2D eigenvalue weighted by Crippen LogP contribution is -2.41. The van der Waals surface area contributed by atoms with Crippen LogP contribution in [0.5, 0.6) is 11.5 Å². The third-order valence-electron chi connectivity index (χ3n) is 2.93. The fourth-order valence-corrected chi connectivity index (χ4v) is 2.00. The van der Waals surface area contributed by atoms with E-state index in [0.717, 1.165) is 13.1 Å². The quantitative estimate of drug-likeness (QED) is 0.636. The van der Waals surface area contributed by atoms with Crippen molar-refractivity contribution >= 4 is 5.69 Å². The van der Waals surface area contributed by atoms with Gasteiger partial charge in [-0.25, -0.2) is 0 Å². The van der Waals surface area contributed by atoms with Gasteiger partial charge in [0.25, 0.3) is 0 Å². The van der Waals surface area contributed by atoms with Gasteiger partial charge in [-0.3, -0.25) is 10.1 Å². The fourth-order valence-electron chi connectivity index (χ4n) is 2.00. The molecule has 1 atom stereocenters. The Morgan fingerprint density at radius 3 is 2.95 bits per heavy atom. The molecule has 116 valence electrons. The minimum absolute atomic E-state index is 0.0107. The van der Waals surface area contributed by atoms with E-state index in [1.165, 1.54) is 6.07 Å². The minimum atomic E-state index is -0.463. The zero-order valence-electron chi connectivity index (χ0n) is 12.2. The molecule has 1 heterocycles. The van der Waals surface area contributed by atoms with Gasteiger partial charge in [0.2, 0.25) is 5.75 Å². The maximum Gasteiger partial charge on any atom is 0.311 e. The van der Waals surface area contributed by atoms with Crippen LogP contribution in [-0.2, 0) is 4.74 Å². The van der Waals surface area contributed by atoms with Gasteiger partial charge in [0, 0.05) is 25.2 Å². The third-order valence-corrected chi connectivity index (χ3v) is 2.93. The third kappa shape index (κ3) is 4.57. The van der Waals surface area contributed by atoms with Crippen LogP contribution < -0.4 is 14.8 Å². The maximum absolute atomic E-state index is 11.0. The Labute approximate surface area is 123 Å². The molecule has 1 fully saturated rings. The van der Waals surface area contributed by atoms with Crippen molar-refractivity contribution in [2.45, 2.75) is 26.1 Å². The zero-order chi connectivity index (χ0) is 15.2. The molecule has 1 saturated heterocycles. The van der Waals surface area contributed by atoms with Crippen LogP contribution in [0.2, 0.25) is 0 Å². The average molecular weight is 296 g/mol. The number of rotatable bonds is 6. The van der Waals surface area contributed by atoms with Crippen LogP contribution in [0.15, 0.2) is 18.2 Å². The van der Waals surface area contributed by atoms with Crippen LogP contribution in [-0.4, -0.2) is 43.4 Å². The van der Waals surface area contributed by atoms with Gasteiger partial charge in [0.1, 0.15) is 18.5 Å². The summed E-state index contributed by atoms with van der Waals surface area (Å²) in [4.78, 5) is 10.5. The number of benzene rings is 1. The highest BCUT2D eigenvalue weighted by Crippen LogP contribution is 2.32. The summed E-state index contributed by atoms with van der Waals surface area (Å²) in [5.41, 5.74) is -0.0633. The molecule has 0 aromatic heterocycles. The Morgan fingerprint density at radius 1 is 1.52 bits per heavy atom. The van der Waals surface area contributed by atoms with E-state index in [0.29, 0.717) is 19.0 Å². The van der Waals surface area contributed by atoms with E-state index in [9.17, 15) is 10.1 Å². The SMILES string of the molecule is CC(C)Oc1cc(OCC2CNCCO2)ccc1[N+](=O)[O-]. The van der Waals surface area contributed by atoms with Gasteiger partial charge in [-0.1, -0.05) is 0 Å². The lowest BCUT2D eigenvalue weighted by molar-refractivity contribution is -0.386. The summed E-state index contributed by atoms with van der Waals surface area (Å²) in [6, 6.07) is 4.52. The van der Waals surface area contributed by atoms with Crippen molar-refractivity contribution in [1.29, 1.82) is 0 Å². The van der Waals surface area contributed by atoms with Crippen molar-refractivity contribution in [1.82, 2.24) is 5.32 Å². The molecular formula is C14H20N2O5. The van der Waals surface area contributed by atoms with Crippen molar-refractivity contribution in [3.63, 3.8) is 0 Å². The van der Waals surface area contributed by atoms with Crippen LogP contribution in [0.25, 0.3) is 0 Å². The molecule has 0 spiro atoms. The predicted molar refractivity (Wildman–Crippen MR) is 77.0 cm³/mol. The Kier molecular flexibility index (Phi) is 5.35. The van der Waals surface area contributed by atoms with Crippen molar-refractivity contribution in [2.75, 3.05) is 26.3 Å². The van der Waals surface area contributed by atoms with Crippen LogP contribution in [0.4, 0.5) is 5.69 Å². The summed E-state index contributed by atoms with van der Waals surface area (Å²) >= 11 is 0. The van der Waals surface area contributed by atoms with Crippen molar-refractivity contribution < 1.29 is 19.1 Å². The van der Waals surface area contributed by atoms with E-state index >= 15 is 0 Å². The Hall–Kier alpha value is -1.86. The maximum atomic E-state index is 11.0. The predicted octanol–water partition coefficient (Wildman–Crippen LogP) is 1.75. The van der Waals surface area contributed by atoms with E-state index in [4.69, 9.17) is 14.2 Å². The zero-order valence-corrected chi connectivity index (χ0v) is 12.2. The Balaban J connectivity index is 2.03. The molecule has 7 nitrogen and oxygen atoms in total. The van der Waals surface area contributed by atoms with E-state index in [1.54, 1.807) is 12.1 Å². The highest BCUT2D eigenvalue weighted by atomic mass is 16.6. The first kappa shape index (κ1) is 15.5. The van der Waals surface area contributed by atoms with Gasteiger partial charge < -0.3 is 19.5 Å². The number of nitrogens with one attached hydrogen (secondary N) is 1. The molecular weight excluding hydrogens is 276 g/mol. The number of ether oxygens (including phenoxy) is 3. The van der Waals surface area contributed by atoms with Gasteiger partial charge in [0.05, 0.1) is 17.6 Å². The molecule has 0 bridgehead atoms. The normalized spacial score (nSPS) is 18.5. The molecule has 1 aliphatic heterocycles. The first-order valence-electron chi connectivity index (χ1n) is 6.96. The molecule has 0 aliphatic carbocycles. The molecule has 0 amide bonds. The van der Waals surface area contributed by atoms with E-state index in [2.05, 4.69) is 5.32 Å². The lowest BCUT2D eigenvalue weighted by atomic mass is 10.2. The molecule has 2 rings (SSSR count). The van der Waals surface area contributed by atoms with Crippen LogP contribution in [0.1, 0.15) is 13.8 Å². The summed E-state index contributed by atoms with van der Waals surface area (Å²) in [5, 5.41) is 14.2. The van der Waals surface area contributed by atoms with Crippen molar-refractivity contribution in [2.24, 2.45) is 0 Å². The molecule has 1 aromatic rings. The van der Waals surface area contributed by atoms with Crippen LogP contribution >= 0.6 is 0 Å². The molecule has 1 N–H and O–H groups in total. The van der Waals surface area contributed by atoms with Crippen LogP contribution in [0.3, 0.4) is 0 Å². The van der Waals surface area contributed by atoms with E-state index in [1.807, 2.05) is 13.8 Å². The molecule has 7 heteroatoms. The van der Waals surface area contributed by atoms with Gasteiger partial charge in [-0.2, -0.15) is 0 Å². The number of hydrogen-bond donors (Lipinski definition) is 1. The number of nitrogens with zero attached hydrogens (tertiary/aromatic N) is 1. The summed E-state index contributed by atoms with van der Waals surface area (Å²) in [7, 11) is 0. The molecule has 21 heavy (non-hydrogen) atoms. The average Bonchev–Trinajstić information content (AvgIpc) is 2.45. The summed E-state index contributed by atoms with van der Waals surface area (Å²) in [6.45, 7) is 6.28. The second-order valence-electron chi connectivity index (χ2n) is 5.06. The molecule has 1 unspecified atom stereocenters. The fraction of sp³-hybridized carbons (Fsp3) is 0.571. The smallest absolute Gasteiger partial charge is 0.311 e. The number of morpholine rings is 1. The summed E-state index contributed by atoms with van der Waals surface area (Å²) in [5.74, 6) is 0.751. The van der Waals surface area contributed by atoms with Gasteiger partial charge in [-0.15, -0.1) is 0 Å². The van der Waals surface area contributed by atoms with Gasteiger partial charge >= 0.3 is 5.69 Å². The van der Waals surface area contributed by atoms with E-state index in [-0.39, 0.29) is 23.6 Å². The van der Waals surface area contributed by atoms with Gasteiger partial charge in [-0.05, 0) is 19.9 Å². The molecule has 1 aliphatic rings. The lowest BCUT2D eigenvalue weighted by Gasteiger charge is -2.23. The number of nitro benzene ring substituents is 1. The first-order chi connectivity index (χ1) is 10.1.